The summed E-state index contributed by atoms with van der Waals surface area (Å²) in [7, 11) is 3.15. The quantitative estimate of drug-likeness (QED) is 0.622. The van der Waals surface area contributed by atoms with Crippen molar-refractivity contribution in [3.05, 3.63) is 52.8 Å². The summed E-state index contributed by atoms with van der Waals surface area (Å²) >= 11 is 6.04. The normalized spacial score (nSPS) is 16.3. The molecular formula is C21H20ClN3O4. The van der Waals surface area contributed by atoms with Crippen LogP contribution < -0.4 is 14.4 Å². The first-order valence-electron chi connectivity index (χ1n) is 9.12. The predicted molar refractivity (Wildman–Crippen MR) is 109 cm³/mol. The predicted octanol–water partition coefficient (Wildman–Crippen LogP) is 4.24. The van der Waals surface area contributed by atoms with Gasteiger partial charge in [0.15, 0.2) is 5.82 Å². The van der Waals surface area contributed by atoms with Crippen molar-refractivity contribution in [3.63, 3.8) is 0 Å². The van der Waals surface area contributed by atoms with Crippen molar-refractivity contribution in [2.75, 3.05) is 25.7 Å². The Labute approximate surface area is 173 Å². The molecule has 0 saturated carbocycles. The zero-order chi connectivity index (χ0) is 20.5. The van der Waals surface area contributed by atoms with Gasteiger partial charge in [0.1, 0.15) is 11.5 Å². The molecule has 3 aromatic rings. The van der Waals surface area contributed by atoms with Crippen LogP contribution in [-0.2, 0) is 4.79 Å². The molecule has 1 unspecified atom stereocenters. The van der Waals surface area contributed by atoms with Gasteiger partial charge in [0.05, 0.1) is 19.8 Å². The molecule has 1 aliphatic heterocycles. The summed E-state index contributed by atoms with van der Waals surface area (Å²) < 4.78 is 16.1. The molecule has 2 heterocycles. The standard InChI is InChI=1S/C21H20ClN3O4/c1-12-8-14(22)4-7-17(12)25-11-13(9-19(25)26)20-23-21(29-24-20)16-6-5-15(27-2)10-18(16)28-3/h4-8,10,13H,9,11H2,1-3H3. The van der Waals surface area contributed by atoms with Gasteiger partial charge >= 0.3 is 0 Å². The van der Waals surface area contributed by atoms with E-state index in [1.165, 1.54) is 0 Å². The topological polar surface area (TPSA) is 77.7 Å². The molecule has 1 amide bonds. The first-order valence-corrected chi connectivity index (χ1v) is 9.50. The molecule has 0 radical (unpaired) electrons. The van der Waals surface area contributed by atoms with E-state index >= 15 is 0 Å². The third-order valence-electron chi connectivity index (χ3n) is 5.02. The lowest BCUT2D eigenvalue weighted by atomic mass is 10.1. The van der Waals surface area contributed by atoms with E-state index in [0.29, 0.717) is 46.8 Å². The van der Waals surface area contributed by atoms with E-state index in [9.17, 15) is 4.79 Å². The number of ether oxygens (including phenoxy) is 2. The minimum Gasteiger partial charge on any atom is -0.497 e. The molecule has 1 fully saturated rings. The molecule has 0 aliphatic carbocycles. The first-order chi connectivity index (χ1) is 14.0. The monoisotopic (exact) mass is 413 g/mol. The molecule has 0 spiro atoms. The molecule has 150 valence electrons. The fraction of sp³-hybridized carbons (Fsp3) is 0.286. The van der Waals surface area contributed by atoms with Gasteiger partial charge in [-0.2, -0.15) is 4.98 Å². The summed E-state index contributed by atoms with van der Waals surface area (Å²) in [5.41, 5.74) is 2.47. The Morgan fingerprint density at radius 1 is 1.17 bits per heavy atom. The van der Waals surface area contributed by atoms with Crippen LogP contribution in [0.5, 0.6) is 11.5 Å². The second-order valence-corrected chi connectivity index (χ2v) is 7.30. The smallest absolute Gasteiger partial charge is 0.261 e. The molecule has 0 bridgehead atoms. The van der Waals surface area contributed by atoms with E-state index in [1.54, 1.807) is 43.4 Å². The molecule has 29 heavy (non-hydrogen) atoms. The van der Waals surface area contributed by atoms with Gasteiger partial charge < -0.3 is 18.9 Å². The van der Waals surface area contributed by atoms with Crippen LogP contribution in [0, 0.1) is 6.92 Å². The molecule has 1 saturated heterocycles. The number of methoxy groups -OCH3 is 2. The molecule has 0 N–H and O–H groups in total. The third kappa shape index (κ3) is 3.65. The minimum absolute atomic E-state index is 0.0220. The maximum absolute atomic E-state index is 12.6. The highest BCUT2D eigenvalue weighted by Crippen LogP contribution is 2.36. The maximum atomic E-state index is 12.6. The Balaban J connectivity index is 1.58. The van der Waals surface area contributed by atoms with Crippen LogP contribution in [0.15, 0.2) is 40.9 Å². The van der Waals surface area contributed by atoms with Crippen LogP contribution in [-0.4, -0.2) is 36.8 Å². The van der Waals surface area contributed by atoms with Crippen molar-refractivity contribution in [2.24, 2.45) is 0 Å². The number of halogens is 1. The molecule has 8 heteroatoms. The summed E-state index contributed by atoms with van der Waals surface area (Å²) in [5.74, 6) is 1.95. The van der Waals surface area contributed by atoms with Crippen LogP contribution in [0.3, 0.4) is 0 Å². The van der Waals surface area contributed by atoms with Crippen molar-refractivity contribution in [1.29, 1.82) is 0 Å². The highest BCUT2D eigenvalue weighted by molar-refractivity contribution is 6.30. The molecular weight excluding hydrogens is 394 g/mol. The number of benzene rings is 2. The van der Waals surface area contributed by atoms with E-state index in [0.717, 1.165) is 11.3 Å². The van der Waals surface area contributed by atoms with Crippen molar-refractivity contribution < 1.29 is 18.8 Å². The Morgan fingerprint density at radius 3 is 2.72 bits per heavy atom. The number of rotatable bonds is 5. The van der Waals surface area contributed by atoms with Crippen molar-refractivity contribution in [3.8, 4) is 23.0 Å². The van der Waals surface area contributed by atoms with Crippen molar-refractivity contribution in [2.45, 2.75) is 19.3 Å². The lowest BCUT2D eigenvalue weighted by Crippen LogP contribution is -2.25. The molecule has 7 nitrogen and oxygen atoms in total. The van der Waals surface area contributed by atoms with Gasteiger partial charge in [0.2, 0.25) is 5.91 Å². The van der Waals surface area contributed by atoms with Gasteiger partial charge in [0, 0.05) is 35.7 Å². The summed E-state index contributed by atoms with van der Waals surface area (Å²) in [6.45, 7) is 2.42. The number of amides is 1. The number of nitrogens with zero attached hydrogens (tertiary/aromatic N) is 3. The Hall–Kier alpha value is -3.06. The zero-order valence-corrected chi connectivity index (χ0v) is 17.1. The van der Waals surface area contributed by atoms with Crippen molar-refractivity contribution in [1.82, 2.24) is 10.1 Å². The number of aryl methyl sites for hydroxylation is 1. The van der Waals surface area contributed by atoms with Crippen LogP contribution in [0.25, 0.3) is 11.5 Å². The SMILES string of the molecule is COc1ccc(-c2nc(C3CC(=O)N(c4ccc(Cl)cc4C)C3)no2)c(OC)c1. The van der Waals surface area contributed by atoms with E-state index in [1.807, 2.05) is 19.1 Å². The van der Waals surface area contributed by atoms with Crippen molar-refractivity contribution >= 4 is 23.2 Å². The fourth-order valence-electron chi connectivity index (χ4n) is 3.52. The lowest BCUT2D eigenvalue weighted by molar-refractivity contribution is -0.117. The van der Waals surface area contributed by atoms with Crippen LogP contribution in [0.1, 0.15) is 23.7 Å². The van der Waals surface area contributed by atoms with E-state index < -0.39 is 0 Å². The number of carbonyl (C=O) groups excluding carboxylic acids is 1. The second-order valence-electron chi connectivity index (χ2n) is 6.86. The third-order valence-corrected chi connectivity index (χ3v) is 5.26. The van der Waals surface area contributed by atoms with Gasteiger partial charge in [0.25, 0.3) is 5.89 Å². The van der Waals surface area contributed by atoms with Gasteiger partial charge in [-0.3, -0.25) is 4.79 Å². The summed E-state index contributed by atoms with van der Waals surface area (Å²) in [6, 6.07) is 10.8. The minimum atomic E-state index is -0.153. The summed E-state index contributed by atoms with van der Waals surface area (Å²) in [4.78, 5) is 18.9. The van der Waals surface area contributed by atoms with Gasteiger partial charge in [-0.05, 0) is 42.8 Å². The Bertz CT molecular complexity index is 1070. The molecule has 1 aromatic heterocycles. The Morgan fingerprint density at radius 2 is 2.00 bits per heavy atom. The molecule has 1 aliphatic rings. The number of hydrogen-bond acceptors (Lipinski definition) is 6. The first kappa shape index (κ1) is 19.3. The Kier molecular flexibility index (Phi) is 5.15. The average Bonchev–Trinajstić information content (AvgIpc) is 3.34. The summed E-state index contributed by atoms with van der Waals surface area (Å²) in [5, 5.41) is 4.76. The highest BCUT2D eigenvalue weighted by Gasteiger charge is 2.35. The van der Waals surface area contributed by atoms with Gasteiger partial charge in [-0.1, -0.05) is 16.8 Å². The van der Waals surface area contributed by atoms with Crippen LogP contribution in [0.4, 0.5) is 5.69 Å². The second kappa shape index (κ2) is 7.75. The maximum Gasteiger partial charge on any atom is 0.261 e. The number of carbonyl (C=O) groups is 1. The highest BCUT2D eigenvalue weighted by atomic mass is 35.5. The van der Waals surface area contributed by atoms with E-state index in [2.05, 4.69) is 10.1 Å². The number of anilines is 1. The lowest BCUT2D eigenvalue weighted by Gasteiger charge is -2.18. The zero-order valence-electron chi connectivity index (χ0n) is 16.3. The number of aromatic nitrogens is 2. The summed E-state index contributed by atoms with van der Waals surface area (Å²) in [6.07, 6.45) is 0.320. The van der Waals surface area contributed by atoms with E-state index in [4.69, 9.17) is 25.6 Å². The van der Waals surface area contributed by atoms with Crippen LogP contribution in [0.2, 0.25) is 5.02 Å². The van der Waals surface area contributed by atoms with Gasteiger partial charge in [-0.15, -0.1) is 0 Å². The van der Waals surface area contributed by atoms with Crippen LogP contribution >= 0.6 is 11.6 Å². The number of hydrogen-bond donors (Lipinski definition) is 0. The molecule has 4 rings (SSSR count). The fourth-order valence-corrected chi connectivity index (χ4v) is 3.75. The largest absolute Gasteiger partial charge is 0.497 e. The molecule has 1 atom stereocenters. The van der Waals surface area contributed by atoms with E-state index in [-0.39, 0.29) is 11.8 Å². The average molecular weight is 414 g/mol. The molecule has 2 aromatic carbocycles. The van der Waals surface area contributed by atoms with Gasteiger partial charge in [-0.25, -0.2) is 0 Å².